The summed E-state index contributed by atoms with van der Waals surface area (Å²) in [7, 11) is 0. The zero-order valence-electron chi connectivity index (χ0n) is 17.2. The quantitative estimate of drug-likeness (QED) is 0.454. The van der Waals surface area contributed by atoms with Gasteiger partial charge < -0.3 is 14.8 Å². The van der Waals surface area contributed by atoms with Gasteiger partial charge >= 0.3 is 5.97 Å². The van der Waals surface area contributed by atoms with Gasteiger partial charge in [0.15, 0.2) is 5.70 Å². The first-order valence-corrected chi connectivity index (χ1v) is 9.84. The molecular weight excluding hydrogens is 411 g/mol. The van der Waals surface area contributed by atoms with E-state index < -0.39 is 5.97 Å². The molecule has 160 valence electrons. The van der Waals surface area contributed by atoms with E-state index in [-0.39, 0.29) is 23.3 Å². The predicted molar refractivity (Wildman–Crippen MR) is 119 cm³/mol. The maximum absolute atomic E-state index is 13.0. The van der Waals surface area contributed by atoms with E-state index in [4.69, 9.17) is 9.47 Å². The molecular formula is C25H19FN2O4. The van der Waals surface area contributed by atoms with Gasteiger partial charge in [0.2, 0.25) is 11.8 Å². The van der Waals surface area contributed by atoms with Crippen LogP contribution in [0.3, 0.4) is 0 Å². The lowest BCUT2D eigenvalue weighted by molar-refractivity contribution is -0.129. The average Bonchev–Trinajstić information content (AvgIpc) is 3.14. The highest BCUT2D eigenvalue weighted by Gasteiger charge is 2.24. The van der Waals surface area contributed by atoms with E-state index in [1.54, 1.807) is 60.7 Å². The Balaban J connectivity index is 1.47. The molecule has 3 aromatic carbocycles. The van der Waals surface area contributed by atoms with Gasteiger partial charge in [0, 0.05) is 18.2 Å². The number of carbonyl (C=O) groups is 2. The molecule has 1 aliphatic heterocycles. The molecule has 0 spiro atoms. The van der Waals surface area contributed by atoms with Gasteiger partial charge in [-0.2, -0.15) is 0 Å². The van der Waals surface area contributed by atoms with Gasteiger partial charge in [0.1, 0.15) is 18.2 Å². The van der Waals surface area contributed by atoms with Gasteiger partial charge in [-0.25, -0.2) is 14.2 Å². The van der Waals surface area contributed by atoms with Crippen molar-refractivity contribution < 1.29 is 23.5 Å². The van der Waals surface area contributed by atoms with Crippen molar-refractivity contribution in [1.29, 1.82) is 0 Å². The molecule has 4 rings (SSSR count). The van der Waals surface area contributed by atoms with E-state index in [1.165, 1.54) is 19.1 Å². The molecule has 0 bridgehead atoms. The first-order valence-electron chi connectivity index (χ1n) is 9.84. The van der Waals surface area contributed by atoms with Crippen LogP contribution in [0.2, 0.25) is 0 Å². The van der Waals surface area contributed by atoms with Crippen molar-refractivity contribution in [1.82, 2.24) is 0 Å². The molecule has 0 unspecified atom stereocenters. The Bertz CT molecular complexity index is 1220. The van der Waals surface area contributed by atoms with Crippen LogP contribution in [0.25, 0.3) is 6.08 Å². The summed E-state index contributed by atoms with van der Waals surface area (Å²) in [5.74, 6) is -0.221. The van der Waals surface area contributed by atoms with Crippen molar-refractivity contribution in [2.24, 2.45) is 4.99 Å². The Hall–Kier alpha value is -4.26. The second-order valence-electron chi connectivity index (χ2n) is 7.08. The van der Waals surface area contributed by atoms with Crippen molar-refractivity contribution in [3.8, 4) is 5.75 Å². The van der Waals surface area contributed by atoms with E-state index in [2.05, 4.69) is 10.3 Å². The third-order valence-corrected chi connectivity index (χ3v) is 4.55. The van der Waals surface area contributed by atoms with Crippen LogP contribution in [-0.4, -0.2) is 17.8 Å². The highest BCUT2D eigenvalue weighted by molar-refractivity contribution is 6.13. The molecule has 7 heteroatoms. The SMILES string of the molecule is CC(=O)Nc1ccc(C2=N/C(=C\c3cccc(OCc4ccc(F)cc4)c3)C(=O)O2)cc1. The molecule has 1 amide bonds. The van der Waals surface area contributed by atoms with Crippen LogP contribution >= 0.6 is 0 Å². The van der Waals surface area contributed by atoms with Crippen molar-refractivity contribution in [3.05, 3.63) is 101 Å². The van der Waals surface area contributed by atoms with Gasteiger partial charge in [-0.1, -0.05) is 24.3 Å². The zero-order valence-corrected chi connectivity index (χ0v) is 17.2. The standard InChI is InChI=1S/C25H19FN2O4/c1-16(29)27-21-11-7-19(8-12-21)24-28-23(25(30)32-24)14-18-3-2-4-22(13-18)31-15-17-5-9-20(26)10-6-17/h2-14H,15H2,1H3,(H,27,29)/b23-14-. The summed E-state index contributed by atoms with van der Waals surface area (Å²) < 4.78 is 24.1. The second-order valence-corrected chi connectivity index (χ2v) is 7.08. The van der Waals surface area contributed by atoms with E-state index >= 15 is 0 Å². The zero-order chi connectivity index (χ0) is 22.5. The van der Waals surface area contributed by atoms with E-state index in [1.807, 2.05) is 6.07 Å². The normalized spacial score (nSPS) is 14.1. The minimum Gasteiger partial charge on any atom is -0.489 e. The van der Waals surface area contributed by atoms with E-state index in [0.29, 0.717) is 23.6 Å². The number of cyclic esters (lactones) is 1. The van der Waals surface area contributed by atoms with Gasteiger partial charge in [-0.05, 0) is 65.7 Å². The molecule has 0 aliphatic carbocycles. The number of anilines is 1. The average molecular weight is 430 g/mol. The van der Waals surface area contributed by atoms with Gasteiger partial charge in [0.25, 0.3) is 0 Å². The van der Waals surface area contributed by atoms with Gasteiger partial charge in [0.05, 0.1) is 0 Å². The van der Waals surface area contributed by atoms with Crippen LogP contribution in [-0.2, 0) is 20.9 Å². The summed E-state index contributed by atoms with van der Waals surface area (Å²) >= 11 is 0. The fourth-order valence-corrected chi connectivity index (χ4v) is 3.03. The Labute approximate surface area is 184 Å². The van der Waals surface area contributed by atoms with Crippen molar-refractivity contribution in [2.75, 3.05) is 5.32 Å². The summed E-state index contributed by atoms with van der Waals surface area (Å²) in [5, 5.41) is 2.67. The minimum absolute atomic E-state index is 0.168. The maximum Gasteiger partial charge on any atom is 0.363 e. The number of carbonyl (C=O) groups excluding carboxylic acids is 2. The summed E-state index contributed by atoms with van der Waals surface area (Å²) in [6.45, 7) is 1.72. The lowest BCUT2D eigenvalue weighted by Crippen LogP contribution is -2.07. The number of halogens is 1. The highest BCUT2D eigenvalue weighted by Crippen LogP contribution is 2.22. The smallest absolute Gasteiger partial charge is 0.363 e. The first kappa shape index (κ1) is 21.0. The number of hydrogen-bond donors (Lipinski definition) is 1. The molecule has 32 heavy (non-hydrogen) atoms. The Morgan fingerprint density at radius 3 is 2.56 bits per heavy atom. The van der Waals surface area contributed by atoms with Crippen LogP contribution in [0.15, 0.2) is 83.5 Å². The summed E-state index contributed by atoms with van der Waals surface area (Å²) in [6, 6.07) is 20.1. The fourth-order valence-electron chi connectivity index (χ4n) is 3.03. The molecule has 3 aromatic rings. The Morgan fingerprint density at radius 1 is 1.09 bits per heavy atom. The predicted octanol–water partition coefficient (Wildman–Crippen LogP) is 4.71. The number of ether oxygens (including phenoxy) is 2. The maximum atomic E-state index is 13.0. The second kappa shape index (κ2) is 9.26. The molecule has 1 aliphatic rings. The third kappa shape index (κ3) is 5.26. The number of nitrogens with zero attached hydrogens (tertiary/aromatic N) is 1. The molecule has 0 aromatic heterocycles. The number of rotatable bonds is 6. The molecule has 0 saturated heterocycles. The molecule has 0 saturated carbocycles. The van der Waals surface area contributed by atoms with Crippen LogP contribution < -0.4 is 10.1 Å². The topological polar surface area (TPSA) is 77.0 Å². The number of nitrogens with one attached hydrogen (secondary N) is 1. The molecule has 1 N–H and O–H groups in total. The number of hydrogen-bond acceptors (Lipinski definition) is 5. The number of aliphatic imine (C=N–C) groups is 1. The molecule has 1 heterocycles. The van der Waals surface area contributed by atoms with Gasteiger partial charge in [-0.3, -0.25) is 4.79 Å². The monoisotopic (exact) mass is 430 g/mol. The van der Waals surface area contributed by atoms with Crippen molar-refractivity contribution in [2.45, 2.75) is 13.5 Å². The van der Waals surface area contributed by atoms with Crippen LogP contribution in [0.1, 0.15) is 23.6 Å². The third-order valence-electron chi connectivity index (χ3n) is 4.55. The van der Waals surface area contributed by atoms with Gasteiger partial charge in [-0.15, -0.1) is 0 Å². The summed E-state index contributed by atoms with van der Waals surface area (Å²) in [5.41, 5.74) is 2.99. The number of amides is 1. The summed E-state index contributed by atoms with van der Waals surface area (Å²) in [4.78, 5) is 27.7. The lowest BCUT2D eigenvalue weighted by atomic mass is 10.2. The van der Waals surface area contributed by atoms with Crippen molar-refractivity contribution >= 4 is 29.5 Å². The Morgan fingerprint density at radius 2 is 1.84 bits per heavy atom. The van der Waals surface area contributed by atoms with Crippen LogP contribution in [0, 0.1) is 5.82 Å². The van der Waals surface area contributed by atoms with Crippen LogP contribution in [0.4, 0.5) is 10.1 Å². The molecule has 0 fully saturated rings. The van der Waals surface area contributed by atoms with E-state index in [9.17, 15) is 14.0 Å². The molecule has 0 radical (unpaired) electrons. The molecule has 6 nitrogen and oxygen atoms in total. The summed E-state index contributed by atoms with van der Waals surface area (Å²) in [6.07, 6.45) is 1.62. The number of benzene rings is 3. The van der Waals surface area contributed by atoms with Crippen molar-refractivity contribution in [3.63, 3.8) is 0 Å². The largest absolute Gasteiger partial charge is 0.489 e. The first-order chi connectivity index (χ1) is 15.5. The van der Waals surface area contributed by atoms with Crippen LogP contribution in [0.5, 0.6) is 5.75 Å². The minimum atomic E-state index is -0.552. The number of esters is 1. The fraction of sp³-hybridized carbons (Fsp3) is 0.0800. The Kier molecular flexibility index (Phi) is 6.07. The molecule has 0 atom stereocenters. The lowest BCUT2D eigenvalue weighted by Gasteiger charge is -2.07. The van der Waals surface area contributed by atoms with E-state index in [0.717, 1.165) is 11.1 Å². The highest BCUT2D eigenvalue weighted by atomic mass is 19.1.